The van der Waals surface area contributed by atoms with Crippen LogP contribution in [0.15, 0.2) is 30.3 Å². The number of carbonyl (C=O) groups excluding carboxylic acids is 3. The first kappa shape index (κ1) is 26.2. The molecule has 0 saturated heterocycles. The van der Waals surface area contributed by atoms with Crippen molar-refractivity contribution in [2.24, 2.45) is 5.41 Å². The van der Waals surface area contributed by atoms with Gasteiger partial charge >= 0.3 is 6.09 Å². The number of nitrogens with zero attached hydrogens (tertiary/aromatic N) is 3. The van der Waals surface area contributed by atoms with E-state index >= 15 is 0 Å². The molecule has 35 heavy (non-hydrogen) atoms. The quantitative estimate of drug-likeness (QED) is 0.680. The van der Waals surface area contributed by atoms with Crippen molar-refractivity contribution in [2.45, 2.75) is 72.7 Å². The molecule has 0 spiro atoms. The molecule has 2 heterocycles. The summed E-state index contributed by atoms with van der Waals surface area (Å²) in [7, 11) is 1.54. The lowest BCUT2D eigenvalue weighted by Gasteiger charge is -2.32. The molecular weight excluding hydrogens is 446 g/mol. The molecule has 1 aromatic carbocycles. The smallest absolute Gasteiger partial charge is 0.410 e. The second-order valence-electron chi connectivity index (χ2n) is 10.9. The number of amides is 3. The highest BCUT2D eigenvalue weighted by Gasteiger charge is 2.36. The van der Waals surface area contributed by atoms with Gasteiger partial charge in [-0.2, -0.15) is 0 Å². The van der Waals surface area contributed by atoms with Gasteiger partial charge in [0.05, 0.1) is 12.2 Å². The monoisotopic (exact) mass is 483 g/mol. The third kappa shape index (κ3) is 6.41. The van der Waals surface area contributed by atoms with Crippen molar-refractivity contribution >= 4 is 17.9 Å². The average molecular weight is 484 g/mol. The van der Waals surface area contributed by atoms with Crippen molar-refractivity contribution in [1.29, 1.82) is 0 Å². The molecule has 1 aromatic heterocycles. The number of benzene rings is 1. The minimum absolute atomic E-state index is 0.194. The molecule has 0 aliphatic carbocycles. The Kier molecular flexibility index (Phi) is 7.57. The van der Waals surface area contributed by atoms with E-state index in [4.69, 9.17) is 9.72 Å². The number of aromatic nitrogens is 2. The van der Waals surface area contributed by atoms with Crippen LogP contribution in [0.25, 0.3) is 0 Å². The minimum Gasteiger partial charge on any atom is -0.444 e. The van der Waals surface area contributed by atoms with Crippen molar-refractivity contribution in [3.05, 3.63) is 53.1 Å². The molecule has 0 saturated carbocycles. The molecule has 2 N–H and O–H groups in total. The first-order valence-corrected chi connectivity index (χ1v) is 11.9. The summed E-state index contributed by atoms with van der Waals surface area (Å²) in [6.07, 6.45) is 0.116. The molecule has 0 radical (unpaired) electrons. The molecule has 3 rings (SSSR count). The number of fused-ring (bicyclic) bond motifs is 1. The summed E-state index contributed by atoms with van der Waals surface area (Å²) in [5.74, 6) is 0.0221. The zero-order chi connectivity index (χ0) is 26.0. The number of imidazole rings is 1. The zero-order valence-corrected chi connectivity index (χ0v) is 21.8. The fraction of sp³-hybridized carbons (Fsp3) is 0.538. The molecule has 9 heteroatoms. The van der Waals surface area contributed by atoms with Crippen LogP contribution < -0.4 is 10.6 Å². The minimum atomic E-state index is -0.750. The highest BCUT2D eigenvalue weighted by molar-refractivity contribution is 5.97. The molecular formula is C26H37N5O4. The van der Waals surface area contributed by atoms with E-state index in [1.165, 1.54) is 0 Å². The lowest BCUT2D eigenvalue weighted by molar-refractivity contribution is -0.124. The van der Waals surface area contributed by atoms with E-state index in [0.29, 0.717) is 25.2 Å². The standard InChI is InChI=1S/C26H37N5O4/c1-25(2,3)21(23(33)27-7)29-22(32)20-18-16-30(24(34)35-26(4,5)6)13-14-31(18)19(28-20)15-17-11-9-8-10-12-17/h8-12,21H,13-16H2,1-7H3,(H,27,33)(H,29,32)/t21-/m1/s1. The summed E-state index contributed by atoms with van der Waals surface area (Å²) < 4.78 is 7.56. The van der Waals surface area contributed by atoms with Crippen LogP contribution in [-0.4, -0.2) is 57.6 Å². The van der Waals surface area contributed by atoms with E-state index in [9.17, 15) is 14.4 Å². The fourth-order valence-corrected chi connectivity index (χ4v) is 4.04. The number of ether oxygens (including phenoxy) is 1. The van der Waals surface area contributed by atoms with E-state index < -0.39 is 29.1 Å². The van der Waals surface area contributed by atoms with Crippen LogP contribution in [0.4, 0.5) is 4.79 Å². The fourth-order valence-electron chi connectivity index (χ4n) is 4.04. The topological polar surface area (TPSA) is 106 Å². The summed E-state index contributed by atoms with van der Waals surface area (Å²) in [5.41, 5.74) is 0.795. The third-order valence-corrected chi connectivity index (χ3v) is 5.81. The third-order valence-electron chi connectivity index (χ3n) is 5.81. The number of carbonyl (C=O) groups is 3. The Morgan fingerprint density at radius 1 is 1.06 bits per heavy atom. The number of nitrogens with one attached hydrogen (secondary N) is 2. The van der Waals surface area contributed by atoms with E-state index in [1.807, 2.05) is 76.4 Å². The van der Waals surface area contributed by atoms with Crippen LogP contribution in [0, 0.1) is 5.41 Å². The summed E-state index contributed by atoms with van der Waals surface area (Å²) in [6, 6.07) is 9.15. The number of hydrogen-bond donors (Lipinski definition) is 2. The van der Waals surface area contributed by atoms with E-state index in [1.54, 1.807) is 11.9 Å². The summed E-state index contributed by atoms with van der Waals surface area (Å²) in [4.78, 5) is 45.0. The molecule has 3 amide bonds. The van der Waals surface area contributed by atoms with Gasteiger partial charge < -0.3 is 24.8 Å². The predicted molar refractivity (Wildman–Crippen MR) is 133 cm³/mol. The Morgan fingerprint density at radius 3 is 2.29 bits per heavy atom. The lowest BCUT2D eigenvalue weighted by Crippen LogP contribution is -2.53. The SMILES string of the molecule is CNC(=O)[C@@H](NC(=O)c1nc(Cc2ccccc2)n2c1CN(C(=O)OC(C)(C)C)CC2)C(C)(C)C. The largest absolute Gasteiger partial charge is 0.444 e. The zero-order valence-electron chi connectivity index (χ0n) is 21.8. The van der Waals surface area contributed by atoms with Crippen LogP contribution in [0.2, 0.25) is 0 Å². The van der Waals surface area contributed by atoms with Gasteiger partial charge in [-0.25, -0.2) is 9.78 Å². The Hall–Kier alpha value is -3.36. The maximum atomic E-state index is 13.5. The molecule has 1 atom stereocenters. The Labute approximate surface area is 207 Å². The Bertz CT molecular complexity index is 1080. The first-order valence-electron chi connectivity index (χ1n) is 11.9. The van der Waals surface area contributed by atoms with Crippen molar-refractivity contribution in [3.63, 3.8) is 0 Å². The van der Waals surface area contributed by atoms with Crippen LogP contribution in [-0.2, 0) is 29.0 Å². The molecule has 0 unspecified atom stereocenters. The van der Waals surface area contributed by atoms with Crippen molar-refractivity contribution in [1.82, 2.24) is 25.1 Å². The van der Waals surface area contributed by atoms with E-state index in [2.05, 4.69) is 10.6 Å². The van der Waals surface area contributed by atoms with Gasteiger partial charge in [0.25, 0.3) is 5.91 Å². The maximum Gasteiger partial charge on any atom is 0.410 e. The van der Waals surface area contributed by atoms with Gasteiger partial charge in [0.1, 0.15) is 17.5 Å². The van der Waals surface area contributed by atoms with Crippen LogP contribution in [0.3, 0.4) is 0 Å². The van der Waals surface area contributed by atoms with Gasteiger partial charge in [-0.15, -0.1) is 0 Å². The summed E-state index contributed by atoms with van der Waals surface area (Å²) >= 11 is 0. The van der Waals surface area contributed by atoms with Gasteiger partial charge in [0.15, 0.2) is 5.69 Å². The second-order valence-corrected chi connectivity index (χ2v) is 10.9. The van der Waals surface area contributed by atoms with Gasteiger partial charge in [0, 0.05) is 26.6 Å². The normalized spacial score (nSPS) is 14.7. The number of likely N-dealkylation sites (N-methyl/N-ethyl adjacent to an activating group) is 1. The molecule has 1 aliphatic rings. The van der Waals surface area contributed by atoms with Gasteiger partial charge in [-0.1, -0.05) is 51.1 Å². The molecule has 1 aliphatic heterocycles. The molecule has 0 bridgehead atoms. The van der Waals surface area contributed by atoms with E-state index in [-0.39, 0.29) is 18.1 Å². The average Bonchev–Trinajstić information content (AvgIpc) is 3.13. The summed E-state index contributed by atoms with van der Waals surface area (Å²) in [6.45, 7) is 12.3. The Morgan fingerprint density at radius 2 is 1.71 bits per heavy atom. The van der Waals surface area contributed by atoms with Crippen LogP contribution in [0.1, 0.15) is 69.1 Å². The highest BCUT2D eigenvalue weighted by atomic mass is 16.6. The molecule has 2 aromatic rings. The Balaban J connectivity index is 1.96. The predicted octanol–water partition coefficient (Wildman–Crippen LogP) is 3.12. The van der Waals surface area contributed by atoms with Gasteiger partial charge in [-0.05, 0) is 31.7 Å². The van der Waals surface area contributed by atoms with E-state index in [0.717, 1.165) is 11.4 Å². The lowest BCUT2D eigenvalue weighted by atomic mass is 9.86. The summed E-state index contributed by atoms with van der Waals surface area (Å²) in [5, 5.41) is 5.50. The first-order chi connectivity index (χ1) is 16.3. The maximum absolute atomic E-state index is 13.5. The van der Waals surface area contributed by atoms with Gasteiger partial charge in [0.2, 0.25) is 5.91 Å². The van der Waals surface area contributed by atoms with Crippen LogP contribution in [0.5, 0.6) is 0 Å². The second kappa shape index (κ2) is 10.1. The van der Waals surface area contributed by atoms with Gasteiger partial charge in [-0.3, -0.25) is 9.59 Å². The number of hydrogen-bond acceptors (Lipinski definition) is 5. The number of rotatable bonds is 5. The van der Waals surface area contributed by atoms with Crippen LogP contribution >= 0.6 is 0 Å². The van der Waals surface area contributed by atoms with Crippen molar-refractivity contribution < 1.29 is 19.1 Å². The molecule has 190 valence electrons. The highest BCUT2D eigenvalue weighted by Crippen LogP contribution is 2.25. The molecule has 9 nitrogen and oxygen atoms in total. The van der Waals surface area contributed by atoms with Crippen molar-refractivity contribution in [2.75, 3.05) is 13.6 Å². The molecule has 0 fully saturated rings. The van der Waals surface area contributed by atoms with Crippen molar-refractivity contribution in [3.8, 4) is 0 Å².